The molecule has 1 aromatic carbocycles. The Kier molecular flexibility index (Phi) is 4.77. The van der Waals surface area contributed by atoms with Crippen molar-refractivity contribution in [2.45, 2.75) is 33.2 Å². The lowest BCUT2D eigenvalue weighted by Crippen LogP contribution is -2.30. The maximum absolute atomic E-state index is 12.2. The van der Waals surface area contributed by atoms with Crippen molar-refractivity contribution in [1.29, 1.82) is 0 Å². The van der Waals surface area contributed by atoms with Gasteiger partial charge < -0.3 is 9.80 Å². The van der Waals surface area contributed by atoms with Crippen LogP contribution in [0.2, 0.25) is 0 Å². The van der Waals surface area contributed by atoms with E-state index < -0.39 is 0 Å². The molecule has 0 saturated carbocycles. The minimum atomic E-state index is 0.0683. The van der Waals surface area contributed by atoms with Crippen LogP contribution in [0.4, 0.5) is 0 Å². The van der Waals surface area contributed by atoms with Gasteiger partial charge in [0.15, 0.2) is 0 Å². The fourth-order valence-corrected chi connectivity index (χ4v) is 2.54. The van der Waals surface area contributed by atoms with Crippen molar-refractivity contribution < 1.29 is 9.59 Å². The minimum Gasteiger partial charge on any atom is -0.339 e. The van der Waals surface area contributed by atoms with Gasteiger partial charge in [-0.1, -0.05) is 12.1 Å². The standard InChI is InChI=1S/C16H22N2O2/c1-3-17(4-2)16(20)14-9-7-13(8-10-14)12-18-11-5-6-15(18)19/h7-10H,3-6,11-12H2,1-2H3. The first-order chi connectivity index (χ1) is 9.65. The van der Waals surface area contributed by atoms with Crippen molar-refractivity contribution in [1.82, 2.24) is 9.80 Å². The molecule has 1 aromatic rings. The van der Waals surface area contributed by atoms with Crippen LogP contribution in [-0.4, -0.2) is 41.2 Å². The Morgan fingerprint density at radius 1 is 1.20 bits per heavy atom. The summed E-state index contributed by atoms with van der Waals surface area (Å²) in [6, 6.07) is 7.61. The summed E-state index contributed by atoms with van der Waals surface area (Å²) in [6.07, 6.45) is 1.62. The molecule has 0 N–H and O–H groups in total. The Morgan fingerprint density at radius 2 is 1.85 bits per heavy atom. The molecule has 1 saturated heterocycles. The van der Waals surface area contributed by atoms with Gasteiger partial charge in [-0.05, 0) is 38.0 Å². The summed E-state index contributed by atoms with van der Waals surface area (Å²) >= 11 is 0. The van der Waals surface area contributed by atoms with E-state index in [0.29, 0.717) is 18.5 Å². The van der Waals surface area contributed by atoms with Crippen LogP contribution in [0.1, 0.15) is 42.6 Å². The van der Waals surface area contributed by atoms with Crippen LogP contribution in [0.5, 0.6) is 0 Å². The lowest BCUT2D eigenvalue weighted by molar-refractivity contribution is -0.128. The predicted octanol–water partition coefficient (Wildman–Crippen LogP) is 2.29. The molecular formula is C16H22N2O2. The molecular weight excluding hydrogens is 252 g/mol. The zero-order valence-corrected chi connectivity index (χ0v) is 12.3. The molecule has 0 unspecified atom stereocenters. The molecule has 2 amide bonds. The van der Waals surface area contributed by atoms with Gasteiger partial charge >= 0.3 is 0 Å². The lowest BCUT2D eigenvalue weighted by Gasteiger charge is -2.19. The van der Waals surface area contributed by atoms with Crippen molar-refractivity contribution >= 4 is 11.8 Å². The average Bonchev–Trinajstić information content (AvgIpc) is 2.86. The zero-order chi connectivity index (χ0) is 14.5. The van der Waals surface area contributed by atoms with E-state index in [2.05, 4.69) is 0 Å². The van der Waals surface area contributed by atoms with Crippen LogP contribution in [0, 0.1) is 0 Å². The second-order valence-electron chi connectivity index (χ2n) is 5.09. The Labute approximate surface area is 120 Å². The highest BCUT2D eigenvalue weighted by atomic mass is 16.2. The van der Waals surface area contributed by atoms with Crippen LogP contribution in [0.25, 0.3) is 0 Å². The molecule has 108 valence electrons. The summed E-state index contributed by atoms with van der Waals surface area (Å²) in [5, 5.41) is 0. The molecule has 2 rings (SSSR count). The quantitative estimate of drug-likeness (QED) is 0.826. The van der Waals surface area contributed by atoms with E-state index >= 15 is 0 Å². The van der Waals surface area contributed by atoms with Gasteiger partial charge in [0.1, 0.15) is 0 Å². The maximum atomic E-state index is 12.2. The molecule has 0 radical (unpaired) electrons. The number of rotatable bonds is 5. The number of carbonyl (C=O) groups is 2. The number of hydrogen-bond acceptors (Lipinski definition) is 2. The van der Waals surface area contributed by atoms with Crippen LogP contribution < -0.4 is 0 Å². The van der Waals surface area contributed by atoms with E-state index in [1.54, 1.807) is 4.90 Å². The van der Waals surface area contributed by atoms with Crippen molar-refractivity contribution in [2.75, 3.05) is 19.6 Å². The third-order valence-corrected chi connectivity index (χ3v) is 3.80. The van der Waals surface area contributed by atoms with Gasteiger partial charge in [-0.25, -0.2) is 0 Å². The number of carbonyl (C=O) groups excluding carboxylic acids is 2. The van der Waals surface area contributed by atoms with Gasteiger partial charge in [0.25, 0.3) is 5.91 Å². The van der Waals surface area contributed by atoms with E-state index in [1.165, 1.54) is 0 Å². The monoisotopic (exact) mass is 274 g/mol. The molecule has 1 heterocycles. The lowest BCUT2D eigenvalue weighted by atomic mass is 10.1. The van der Waals surface area contributed by atoms with Crippen molar-refractivity contribution in [3.8, 4) is 0 Å². The Hall–Kier alpha value is -1.84. The summed E-state index contributed by atoms with van der Waals surface area (Å²) in [4.78, 5) is 27.4. The van der Waals surface area contributed by atoms with Crippen LogP contribution >= 0.6 is 0 Å². The number of likely N-dealkylation sites (tertiary alicyclic amines) is 1. The summed E-state index contributed by atoms with van der Waals surface area (Å²) in [5.41, 5.74) is 1.79. The summed E-state index contributed by atoms with van der Waals surface area (Å²) in [7, 11) is 0. The maximum Gasteiger partial charge on any atom is 0.253 e. The second-order valence-corrected chi connectivity index (χ2v) is 5.09. The molecule has 0 atom stereocenters. The molecule has 1 aliphatic heterocycles. The van der Waals surface area contributed by atoms with Gasteiger partial charge in [-0.3, -0.25) is 9.59 Å². The fourth-order valence-electron chi connectivity index (χ4n) is 2.54. The van der Waals surface area contributed by atoms with Gasteiger partial charge in [0.05, 0.1) is 0 Å². The molecule has 0 bridgehead atoms. The molecule has 0 aromatic heterocycles. The summed E-state index contributed by atoms with van der Waals surface area (Å²) in [6.45, 7) is 6.90. The Bertz CT molecular complexity index is 478. The topological polar surface area (TPSA) is 40.6 Å². The van der Waals surface area contributed by atoms with E-state index in [-0.39, 0.29) is 11.8 Å². The van der Waals surface area contributed by atoms with E-state index in [0.717, 1.165) is 31.6 Å². The highest BCUT2D eigenvalue weighted by Gasteiger charge is 2.20. The molecule has 1 fully saturated rings. The molecule has 1 aliphatic rings. The number of benzene rings is 1. The highest BCUT2D eigenvalue weighted by Crippen LogP contribution is 2.15. The summed E-state index contributed by atoms with van der Waals surface area (Å²) < 4.78 is 0. The van der Waals surface area contributed by atoms with E-state index in [1.807, 2.05) is 43.0 Å². The average molecular weight is 274 g/mol. The van der Waals surface area contributed by atoms with Gasteiger partial charge in [0, 0.05) is 38.2 Å². The Balaban J connectivity index is 2.02. The SMILES string of the molecule is CCN(CC)C(=O)c1ccc(CN2CCCC2=O)cc1. The first-order valence-electron chi connectivity index (χ1n) is 7.31. The predicted molar refractivity (Wildman–Crippen MR) is 78.3 cm³/mol. The molecule has 4 nitrogen and oxygen atoms in total. The Morgan fingerprint density at radius 3 is 2.35 bits per heavy atom. The van der Waals surface area contributed by atoms with E-state index in [9.17, 15) is 9.59 Å². The minimum absolute atomic E-state index is 0.0683. The normalized spacial score (nSPS) is 14.7. The second kappa shape index (κ2) is 6.55. The van der Waals surface area contributed by atoms with Crippen molar-refractivity contribution in [3.63, 3.8) is 0 Å². The fraction of sp³-hybridized carbons (Fsp3) is 0.500. The number of amides is 2. The third kappa shape index (κ3) is 3.18. The first kappa shape index (κ1) is 14.6. The summed E-state index contributed by atoms with van der Waals surface area (Å²) in [5.74, 6) is 0.298. The largest absolute Gasteiger partial charge is 0.339 e. The van der Waals surface area contributed by atoms with Crippen molar-refractivity contribution in [3.05, 3.63) is 35.4 Å². The van der Waals surface area contributed by atoms with Gasteiger partial charge in [-0.2, -0.15) is 0 Å². The van der Waals surface area contributed by atoms with E-state index in [4.69, 9.17) is 0 Å². The smallest absolute Gasteiger partial charge is 0.253 e. The molecule has 20 heavy (non-hydrogen) atoms. The molecule has 4 heteroatoms. The number of nitrogens with zero attached hydrogens (tertiary/aromatic N) is 2. The zero-order valence-electron chi connectivity index (χ0n) is 12.3. The van der Waals surface area contributed by atoms with Crippen LogP contribution in [0.15, 0.2) is 24.3 Å². The van der Waals surface area contributed by atoms with Crippen molar-refractivity contribution in [2.24, 2.45) is 0 Å². The van der Waals surface area contributed by atoms with Crippen LogP contribution in [-0.2, 0) is 11.3 Å². The highest BCUT2D eigenvalue weighted by molar-refractivity contribution is 5.94. The molecule has 0 aliphatic carbocycles. The van der Waals surface area contributed by atoms with Gasteiger partial charge in [-0.15, -0.1) is 0 Å². The number of hydrogen-bond donors (Lipinski definition) is 0. The molecule has 0 spiro atoms. The first-order valence-corrected chi connectivity index (χ1v) is 7.31. The third-order valence-electron chi connectivity index (χ3n) is 3.80. The van der Waals surface area contributed by atoms with Gasteiger partial charge in [0.2, 0.25) is 5.91 Å². The van der Waals surface area contributed by atoms with Crippen LogP contribution in [0.3, 0.4) is 0 Å².